The Morgan fingerprint density at radius 1 is 1.04 bits per heavy atom. The number of hydrogen-bond donors (Lipinski definition) is 1. The lowest BCUT2D eigenvalue weighted by Gasteiger charge is -2.26. The quantitative estimate of drug-likeness (QED) is 0.824. The molecule has 0 saturated carbocycles. The van der Waals surface area contributed by atoms with Gasteiger partial charge in [0.05, 0.1) is 6.04 Å². The van der Waals surface area contributed by atoms with Crippen LogP contribution in [-0.4, -0.2) is 35.4 Å². The van der Waals surface area contributed by atoms with E-state index >= 15 is 0 Å². The predicted molar refractivity (Wildman–Crippen MR) is 105 cm³/mol. The van der Waals surface area contributed by atoms with Crippen LogP contribution < -0.4 is 5.32 Å². The molecule has 2 aromatic rings. The summed E-state index contributed by atoms with van der Waals surface area (Å²) in [5, 5.41) is 3.22. The van der Waals surface area contributed by atoms with Gasteiger partial charge in [-0.05, 0) is 69.1 Å². The van der Waals surface area contributed by atoms with Crippen LogP contribution in [0.5, 0.6) is 0 Å². The minimum atomic E-state index is -0.124. The number of nitrogens with one attached hydrogen (secondary N) is 1. The normalized spacial score (nSPS) is 16.2. The number of likely N-dealkylation sites (tertiary alicyclic amines) is 1. The summed E-state index contributed by atoms with van der Waals surface area (Å²) in [6.07, 6.45) is 8.99. The lowest BCUT2D eigenvalue weighted by molar-refractivity contribution is -0.121. The molecule has 1 atom stereocenters. The molecule has 0 radical (unpaired) electrons. The van der Waals surface area contributed by atoms with Crippen LogP contribution in [0.2, 0.25) is 0 Å². The molecule has 0 aliphatic carbocycles. The molecule has 1 aliphatic heterocycles. The molecule has 3 rings (SSSR count). The van der Waals surface area contributed by atoms with Gasteiger partial charge in [0, 0.05) is 18.8 Å². The SMILES string of the molecule is Cc1ccc([C@@H](NC(=O)CCCN2CCCCC2)c2ccncc2)cc1. The molecule has 2 heterocycles. The predicted octanol–water partition coefficient (Wildman–Crippen LogP) is 3.86. The van der Waals surface area contributed by atoms with Crippen molar-refractivity contribution < 1.29 is 4.79 Å². The molecule has 138 valence electrons. The largest absolute Gasteiger partial charge is 0.345 e. The molecule has 1 saturated heterocycles. The molecule has 1 fully saturated rings. The van der Waals surface area contributed by atoms with E-state index in [0.29, 0.717) is 6.42 Å². The van der Waals surface area contributed by atoms with Crippen molar-refractivity contribution in [1.82, 2.24) is 15.2 Å². The van der Waals surface area contributed by atoms with Crippen LogP contribution in [0.1, 0.15) is 54.8 Å². The second-order valence-electron chi connectivity index (χ2n) is 7.20. The molecule has 0 unspecified atom stereocenters. The topological polar surface area (TPSA) is 45.2 Å². The third-order valence-electron chi connectivity index (χ3n) is 5.08. The molecule has 1 aliphatic rings. The van der Waals surface area contributed by atoms with Crippen molar-refractivity contribution in [3.63, 3.8) is 0 Å². The fourth-order valence-corrected chi connectivity index (χ4v) is 3.55. The van der Waals surface area contributed by atoms with E-state index in [0.717, 1.165) is 24.1 Å². The summed E-state index contributed by atoms with van der Waals surface area (Å²) in [5.41, 5.74) is 3.38. The van der Waals surface area contributed by atoms with Crippen molar-refractivity contribution in [2.75, 3.05) is 19.6 Å². The number of carbonyl (C=O) groups excluding carboxylic acids is 1. The Morgan fingerprint density at radius 3 is 2.38 bits per heavy atom. The number of amides is 1. The zero-order valence-electron chi connectivity index (χ0n) is 15.7. The standard InChI is InChI=1S/C22H29N3O/c1-18-7-9-19(10-8-18)22(20-11-13-23-14-12-20)24-21(26)6-5-17-25-15-3-2-4-16-25/h7-14,22H,2-6,15-17H2,1H3,(H,24,26)/t22-/m1/s1. The molecule has 1 aromatic heterocycles. The van der Waals surface area contributed by atoms with Crippen molar-refractivity contribution in [3.8, 4) is 0 Å². The van der Waals surface area contributed by atoms with Crippen molar-refractivity contribution in [1.29, 1.82) is 0 Å². The number of carbonyl (C=O) groups is 1. The average molecular weight is 351 g/mol. The second kappa shape index (κ2) is 9.48. The lowest BCUT2D eigenvalue weighted by atomic mass is 9.98. The number of nitrogens with zero attached hydrogens (tertiary/aromatic N) is 2. The van der Waals surface area contributed by atoms with Crippen molar-refractivity contribution >= 4 is 5.91 Å². The number of pyridine rings is 1. The van der Waals surface area contributed by atoms with Crippen LogP contribution in [0.15, 0.2) is 48.8 Å². The van der Waals surface area contributed by atoms with Crippen LogP contribution in [0, 0.1) is 6.92 Å². The van der Waals surface area contributed by atoms with Gasteiger partial charge in [0.15, 0.2) is 0 Å². The van der Waals surface area contributed by atoms with Gasteiger partial charge in [0.1, 0.15) is 0 Å². The Kier molecular flexibility index (Phi) is 6.78. The molecule has 26 heavy (non-hydrogen) atoms. The van der Waals surface area contributed by atoms with Crippen molar-refractivity contribution in [2.45, 2.75) is 45.1 Å². The Hall–Kier alpha value is -2.20. The number of aromatic nitrogens is 1. The highest BCUT2D eigenvalue weighted by Gasteiger charge is 2.17. The van der Waals surface area contributed by atoms with Crippen LogP contribution >= 0.6 is 0 Å². The molecule has 0 bridgehead atoms. The average Bonchev–Trinajstić information content (AvgIpc) is 2.68. The summed E-state index contributed by atoms with van der Waals surface area (Å²) in [7, 11) is 0. The number of benzene rings is 1. The van der Waals surface area contributed by atoms with Crippen LogP contribution in [-0.2, 0) is 4.79 Å². The molecule has 1 aromatic carbocycles. The van der Waals surface area contributed by atoms with Crippen molar-refractivity contribution in [3.05, 3.63) is 65.5 Å². The van der Waals surface area contributed by atoms with E-state index in [2.05, 4.69) is 46.4 Å². The van der Waals surface area contributed by atoms with E-state index in [9.17, 15) is 4.79 Å². The number of piperidine rings is 1. The Labute approximate surface area is 156 Å². The molecular formula is C22H29N3O. The van der Waals surface area contributed by atoms with Gasteiger partial charge in [-0.3, -0.25) is 9.78 Å². The summed E-state index contributed by atoms with van der Waals surface area (Å²) in [6, 6.07) is 12.2. The molecular weight excluding hydrogens is 322 g/mol. The summed E-state index contributed by atoms with van der Waals surface area (Å²) < 4.78 is 0. The maximum absolute atomic E-state index is 12.6. The summed E-state index contributed by atoms with van der Waals surface area (Å²) in [4.78, 5) is 19.1. The Bertz CT molecular complexity index is 678. The number of hydrogen-bond acceptors (Lipinski definition) is 3. The first kappa shape index (κ1) is 18.6. The van der Waals surface area contributed by atoms with Crippen LogP contribution in [0.4, 0.5) is 0 Å². The van der Waals surface area contributed by atoms with Gasteiger partial charge in [-0.25, -0.2) is 0 Å². The van der Waals surface area contributed by atoms with E-state index in [4.69, 9.17) is 0 Å². The first-order valence-electron chi connectivity index (χ1n) is 9.70. The van der Waals surface area contributed by atoms with Gasteiger partial charge in [0.2, 0.25) is 5.91 Å². The lowest BCUT2D eigenvalue weighted by Crippen LogP contribution is -2.33. The maximum Gasteiger partial charge on any atom is 0.220 e. The molecule has 1 amide bonds. The minimum absolute atomic E-state index is 0.115. The zero-order chi connectivity index (χ0) is 18.2. The third kappa shape index (κ3) is 5.40. The van der Waals surface area contributed by atoms with Crippen LogP contribution in [0.25, 0.3) is 0 Å². The third-order valence-corrected chi connectivity index (χ3v) is 5.08. The monoisotopic (exact) mass is 351 g/mol. The molecule has 4 heteroatoms. The Morgan fingerprint density at radius 2 is 1.69 bits per heavy atom. The maximum atomic E-state index is 12.6. The van der Waals surface area contributed by atoms with Gasteiger partial charge in [-0.15, -0.1) is 0 Å². The van der Waals surface area contributed by atoms with Gasteiger partial charge < -0.3 is 10.2 Å². The highest BCUT2D eigenvalue weighted by Crippen LogP contribution is 2.22. The van der Waals surface area contributed by atoms with Gasteiger partial charge in [0.25, 0.3) is 0 Å². The zero-order valence-corrected chi connectivity index (χ0v) is 15.7. The van der Waals surface area contributed by atoms with Crippen molar-refractivity contribution in [2.24, 2.45) is 0 Å². The van der Waals surface area contributed by atoms with E-state index in [1.54, 1.807) is 12.4 Å². The van der Waals surface area contributed by atoms with Gasteiger partial charge in [-0.1, -0.05) is 36.2 Å². The number of rotatable bonds is 7. The first-order valence-corrected chi connectivity index (χ1v) is 9.70. The Balaban J connectivity index is 1.60. The minimum Gasteiger partial charge on any atom is -0.345 e. The second-order valence-corrected chi connectivity index (χ2v) is 7.20. The number of aryl methyl sites for hydroxylation is 1. The molecule has 0 spiro atoms. The molecule has 4 nitrogen and oxygen atoms in total. The fraction of sp³-hybridized carbons (Fsp3) is 0.455. The highest BCUT2D eigenvalue weighted by atomic mass is 16.1. The van der Waals surface area contributed by atoms with E-state index in [1.807, 2.05) is 12.1 Å². The van der Waals surface area contributed by atoms with E-state index in [1.165, 1.54) is 37.9 Å². The summed E-state index contributed by atoms with van der Waals surface area (Å²) in [6.45, 7) is 5.47. The van der Waals surface area contributed by atoms with Gasteiger partial charge in [-0.2, -0.15) is 0 Å². The van der Waals surface area contributed by atoms with E-state index in [-0.39, 0.29) is 11.9 Å². The summed E-state index contributed by atoms with van der Waals surface area (Å²) in [5.74, 6) is 0.115. The highest BCUT2D eigenvalue weighted by molar-refractivity contribution is 5.77. The summed E-state index contributed by atoms with van der Waals surface area (Å²) >= 11 is 0. The van der Waals surface area contributed by atoms with Crippen LogP contribution in [0.3, 0.4) is 0 Å². The molecule has 1 N–H and O–H groups in total. The smallest absolute Gasteiger partial charge is 0.220 e. The first-order chi connectivity index (χ1) is 12.7. The fourth-order valence-electron chi connectivity index (χ4n) is 3.55. The van der Waals surface area contributed by atoms with E-state index < -0.39 is 0 Å². The van der Waals surface area contributed by atoms with Gasteiger partial charge >= 0.3 is 0 Å².